The minimum atomic E-state index is -0.515. The molecule has 54 valence electrons. The van der Waals surface area contributed by atoms with Gasteiger partial charge in [0.2, 0.25) is 0 Å². The van der Waals surface area contributed by atoms with E-state index in [1.54, 1.807) is 0 Å². The molecule has 1 nitrogen and oxygen atoms in total. The summed E-state index contributed by atoms with van der Waals surface area (Å²) in [6.45, 7) is 2.11. The van der Waals surface area contributed by atoms with Gasteiger partial charge >= 0.3 is 0 Å². The van der Waals surface area contributed by atoms with Gasteiger partial charge in [0.15, 0.2) is 0 Å². The molecule has 1 aliphatic rings. The number of hydrogen-bond donors (Lipinski definition) is 0. The van der Waals surface area contributed by atoms with Gasteiger partial charge < -0.3 is 0 Å². The van der Waals surface area contributed by atoms with E-state index in [0.717, 1.165) is 18.6 Å². The second-order valence-electron chi connectivity index (χ2n) is 2.15. The molecule has 2 unspecified atom stereocenters. The first-order valence-corrected chi connectivity index (χ1v) is 5.76. The monoisotopic (exact) mass is 164 g/mol. The summed E-state index contributed by atoms with van der Waals surface area (Å²) >= 11 is 1.87. The van der Waals surface area contributed by atoms with Crippen molar-refractivity contribution < 1.29 is 4.21 Å². The standard InChI is InChI=1S/C6H12OS2/c1-2-6-8-4-3-5-9(6)7/h6H,2-5H2,1H3. The van der Waals surface area contributed by atoms with E-state index < -0.39 is 10.8 Å². The van der Waals surface area contributed by atoms with E-state index in [1.165, 1.54) is 5.75 Å². The van der Waals surface area contributed by atoms with Crippen molar-refractivity contribution in [1.82, 2.24) is 0 Å². The van der Waals surface area contributed by atoms with Crippen LogP contribution in [0.3, 0.4) is 0 Å². The summed E-state index contributed by atoms with van der Waals surface area (Å²) in [5, 5.41) is 0. The van der Waals surface area contributed by atoms with Gasteiger partial charge in [0.05, 0.1) is 4.58 Å². The maximum atomic E-state index is 11.1. The average molecular weight is 164 g/mol. The Kier molecular flexibility index (Phi) is 3.06. The van der Waals surface area contributed by atoms with Crippen molar-refractivity contribution in [2.75, 3.05) is 11.5 Å². The van der Waals surface area contributed by atoms with Gasteiger partial charge in [-0.25, -0.2) is 0 Å². The van der Waals surface area contributed by atoms with Crippen LogP contribution in [0.4, 0.5) is 0 Å². The van der Waals surface area contributed by atoms with E-state index in [0.29, 0.717) is 4.58 Å². The normalized spacial score (nSPS) is 36.6. The zero-order valence-corrected chi connectivity index (χ0v) is 7.26. The Balaban J connectivity index is 2.39. The quantitative estimate of drug-likeness (QED) is 0.585. The van der Waals surface area contributed by atoms with Crippen molar-refractivity contribution >= 4 is 22.6 Å². The Morgan fingerprint density at radius 3 is 3.00 bits per heavy atom. The molecule has 9 heavy (non-hydrogen) atoms. The van der Waals surface area contributed by atoms with E-state index in [4.69, 9.17) is 0 Å². The highest BCUT2D eigenvalue weighted by Crippen LogP contribution is 2.24. The molecule has 0 spiro atoms. The van der Waals surface area contributed by atoms with Crippen molar-refractivity contribution in [2.45, 2.75) is 24.3 Å². The van der Waals surface area contributed by atoms with Crippen molar-refractivity contribution in [2.24, 2.45) is 0 Å². The van der Waals surface area contributed by atoms with Crippen molar-refractivity contribution in [3.05, 3.63) is 0 Å². The molecular weight excluding hydrogens is 152 g/mol. The van der Waals surface area contributed by atoms with Gasteiger partial charge in [-0.1, -0.05) is 6.92 Å². The topological polar surface area (TPSA) is 17.1 Å². The van der Waals surface area contributed by atoms with Gasteiger partial charge in [-0.15, -0.1) is 11.8 Å². The summed E-state index contributed by atoms with van der Waals surface area (Å²) in [6.07, 6.45) is 2.21. The number of rotatable bonds is 1. The van der Waals surface area contributed by atoms with Gasteiger partial charge in [-0.3, -0.25) is 4.21 Å². The number of thioether (sulfide) groups is 1. The number of hydrogen-bond acceptors (Lipinski definition) is 2. The van der Waals surface area contributed by atoms with E-state index in [-0.39, 0.29) is 0 Å². The fourth-order valence-electron chi connectivity index (χ4n) is 0.927. The lowest BCUT2D eigenvalue weighted by Crippen LogP contribution is -2.19. The lowest BCUT2D eigenvalue weighted by atomic mass is 10.5. The molecule has 0 aromatic heterocycles. The predicted octanol–water partition coefficient (Wildman–Crippen LogP) is 1.61. The van der Waals surface area contributed by atoms with Gasteiger partial charge in [-0.2, -0.15) is 0 Å². The minimum absolute atomic E-state index is 0.443. The van der Waals surface area contributed by atoms with Gasteiger partial charge in [-0.05, 0) is 18.6 Å². The lowest BCUT2D eigenvalue weighted by molar-refractivity contribution is 0.677. The first-order valence-electron chi connectivity index (χ1n) is 3.33. The largest absolute Gasteiger partial charge is 0.258 e. The Hall–Kier alpha value is 0.500. The van der Waals surface area contributed by atoms with Crippen LogP contribution in [0.2, 0.25) is 0 Å². The third-order valence-electron chi connectivity index (χ3n) is 1.42. The van der Waals surface area contributed by atoms with Crippen molar-refractivity contribution in [3.8, 4) is 0 Å². The van der Waals surface area contributed by atoms with Crippen LogP contribution in [0.15, 0.2) is 0 Å². The third-order valence-corrected chi connectivity index (χ3v) is 5.31. The van der Waals surface area contributed by atoms with Crippen LogP contribution in [-0.4, -0.2) is 20.3 Å². The molecule has 0 bridgehead atoms. The summed E-state index contributed by atoms with van der Waals surface area (Å²) in [4.78, 5) is 0. The maximum Gasteiger partial charge on any atom is 0.0798 e. The summed E-state index contributed by atoms with van der Waals surface area (Å²) < 4.78 is 11.6. The second kappa shape index (κ2) is 3.62. The van der Waals surface area contributed by atoms with Crippen molar-refractivity contribution in [3.63, 3.8) is 0 Å². The Bertz CT molecular complexity index is 114. The molecule has 0 aromatic rings. The zero-order valence-electron chi connectivity index (χ0n) is 5.63. The van der Waals surface area contributed by atoms with Gasteiger partial charge in [0, 0.05) is 16.6 Å². The molecule has 1 saturated heterocycles. The molecule has 0 aromatic carbocycles. The molecular formula is C6H12OS2. The Morgan fingerprint density at radius 1 is 1.78 bits per heavy atom. The molecule has 1 rings (SSSR count). The molecule has 0 amide bonds. The lowest BCUT2D eigenvalue weighted by Gasteiger charge is -2.18. The highest BCUT2D eigenvalue weighted by atomic mass is 32.2. The summed E-state index contributed by atoms with van der Waals surface area (Å²) in [7, 11) is -0.515. The van der Waals surface area contributed by atoms with Gasteiger partial charge in [0.1, 0.15) is 0 Å². The SMILES string of the molecule is CCC1SCCCS1=O. The van der Waals surface area contributed by atoms with Crippen LogP contribution < -0.4 is 0 Å². The zero-order chi connectivity index (χ0) is 6.69. The predicted molar refractivity (Wildman–Crippen MR) is 44.2 cm³/mol. The molecule has 0 aliphatic carbocycles. The van der Waals surface area contributed by atoms with E-state index >= 15 is 0 Å². The van der Waals surface area contributed by atoms with E-state index in [9.17, 15) is 4.21 Å². The third kappa shape index (κ3) is 1.97. The van der Waals surface area contributed by atoms with Crippen molar-refractivity contribution in [1.29, 1.82) is 0 Å². The van der Waals surface area contributed by atoms with Gasteiger partial charge in [0.25, 0.3) is 0 Å². The first kappa shape index (κ1) is 7.61. The molecule has 0 N–H and O–H groups in total. The first-order chi connectivity index (χ1) is 4.34. The molecule has 2 atom stereocenters. The molecule has 1 aliphatic heterocycles. The maximum absolute atomic E-state index is 11.1. The van der Waals surface area contributed by atoms with Crippen LogP contribution in [0.25, 0.3) is 0 Å². The highest BCUT2D eigenvalue weighted by Gasteiger charge is 2.18. The molecule has 0 radical (unpaired) electrons. The van der Waals surface area contributed by atoms with Crippen LogP contribution in [0.1, 0.15) is 19.8 Å². The summed E-state index contributed by atoms with van der Waals surface area (Å²) in [6, 6.07) is 0. The minimum Gasteiger partial charge on any atom is -0.258 e. The fraction of sp³-hybridized carbons (Fsp3) is 1.00. The summed E-state index contributed by atoms with van der Waals surface area (Å²) in [5.74, 6) is 2.15. The molecule has 0 saturated carbocycles. The van der Waals surface area contributed by atoms with Crippen LogP contribution in [-0.2, 0) is 10.8 Å². The highest BCUT2D eigenvalue weighted by molar-refractivity contribution is 8.11. The van der Waals surface area contributed by atoms with Crippen LogP contribution in [0, 0.1) is 0 Å². The van der Waals surface area contributed by atoms with E-state index in [1.807, 2.05) is 11.8 Å². The van der Waals surface area contributed by atoms with E-state index in [2.05, 4.69) is 6.92 Å². The second-order valence-corrected chi connectivity index (χ2v) is 5.49. The average Bonchev–Trinajstić information content (AvgIpc) is 1.89. The Morgan fingerprint density at radius 2 is 2.56 bits per heavy atom. The summed E-state index contributed by atoms with van der Waals surface area (Å²) in [5.41, 5.74) is 0. The van der Waals surface area contributed by atoms with Crippen LogP contribution in [0.5, 0.6) is 0 Å². The smallest absolute Gasteiger partial charge is 0.0798 e. The molecule has 3 heteroatoms. The Labute approximate surface area is 63.1 Å². The van der Waals surface area contributed by atoms with Crippen LogP contribution >= 0.6 is 11.8 Å². The fourth-order valence-corrected chi connectivity index (χ4v) is 4.17. The molecule has 1 heterocycles. The molecule has 1 fully saturated rings.